The van der Waals surface area contributed by atoms with E-state index in [9.17, 15) is 4.79 Å². The molecular formula is C15H23N3OS. The van der Waals surface area contributed by atoms with E-state index in [0.29, 0.717) is 11.5 Å². The molecule has 0 fully saturated rings. The Morgan fingerprint density at radius 3 is 2.25 bits per heavy atom. The molecule has 0 heterocycles. The molecule has 0 aliphatic rings. The van der Waals surface area contributed by atoms with Crippen LogP contribution in [0.1, 0.15) is 33.3 Å². The number of nitrogens with two attached hydrogens (primary N) is 1. The summed E-state index contributed by atoms with van der Waals surface area (Å²) in [4.78, 5) is 14.5. The first-order valence-corrected chi connectivity index (χ1v) is 7.09. The normalized spacial score (nSPS) is 11.4. The highest BCUT2D eigenvalue weighted by Gasteiger charge is 2.21. The quantitative estimate of drug-likeness (QED) is 0.818. The van der Waals surface area contributed by atoms with Gasteiger partial charge in [-0.25, -0.2) is 0 Å². The van der Waals surface area contributed by atoms with Crippen LogP contribution in [0.2, 0.25) is 0 Å². The zero-order valence-electron chi connectivity index (χ0n) is 12.6. The van der Waals surface area contributed by atoms with Crippen molar-refractivity contribution in [2.45, 2.75) is 33.2 Å². The van der Waals surface area contributed by atoms with Crippen LogP contribution in [-0.4, -0.2) is 34.4 Å². The number of carbonyl (C=O) groups excluding carboxylic acids is 1. The van der Waals surface area contributed by atoms with Crippen LogP contribution in [-0.2, 0) is 4.79 Å². The lowest BCUT2D eigenvalue weighted by atomic mass is 10.1. The van der Waals surface area contributed by atoms with Gasteiger partial charge in [0.2, 0.25) is 5.91 Å². The van der Waals surface area contributed by atoms with Gasteiger partial charge in [0.05, 0.1) is 6.54 Å². The Morgan fingerprint density at radius 1 is 1.30 bits per heavy atom. The van der Waals surface area contributed by atoms with E-state index in [1.54, 1.807) is 24.3 Å². The first kappa shape index (κ1) is 16.6. The maximum absolute atomic E-state index is 12.0. The van der Waals surface area contributed by atoms with Gasteiger partial charge in [-0.3, -0.25) is 9.69 Å². The molecule has 110 valence electrons. The summed E-state index contributed by atoms with van der Waals surface area (Å²) in [6.07, 6.45) is 0. The first-order valence-electron chi connectivity index (χ1n) is 6.69. The third kappa shape index (κ3) is 4.90. The van der Waals surface area contributed by atoms with Crippen LogP contribution in [0.15, 0.2) is 24.3 Å². The van der Waals surface area contributed by atoms with Crippen molar-refractivity contribution < 1.29 is 4.79 Å². The molecule has 0 saturated heterocycles. The van der Waals surface area contributed by atoms with E-state index in [1.165, 1.54) is 0 Å². The average Bonchev–Trinajstić information content (AvgIpc) is 2.35. The molecule has 0 unspecified atom stereocenters. The van der Waals surface area contributed by atoms with Crippen molar-refractivity contribution in [3.63, 3.8) is 0 Å². The summed E-state index contributed by atoms with van der Waals surface area (Å²) in [6, 6.07) is 7.22. The van der Waals surface area contributed by atoms with E-state index in [0.717, 1.165) is 17.8 Å². The van der Waals surface area contributed by atoms with E-state index in [-0.39, 0.29) is 11.4 Å². The molecule has 1 aromatic rings. The maximum atomic E-state index is 12.0. The van der Waals surface area contributed by atoms with Gasteiger partial charge in [-0.1, -0.05) is 19.1 Å². The third-order valence-electron chi connectivity index (χ3n) is 3.12. The van der Waals surface area contributed by atoms with Gasteiger partial charge < -0.3 is 11.1 Å². The minimum Gasteiger partial charge on any atom is -0.389 e. The van der Waals surface area contributed by atoms with Crippen molar-refractivity contribution in [3.8, 4) is 0 Å². The first-order chi connectivity index (χ1) is 9.24. The lowest BCUT2D eigenvalue weighted by molar-refractivity contribution is -0.118. The molecule has 1 amide bonds. The number of nitrogens with one attached hydrogen (secondary N) is 1. The topological polar surface area (TPSA) is 58.4 Å². The number of rotatable bonds is 5. The second-order valence-corrected chi connectivity index (χ2v) is 6.11. The summed E-state index contributed by atoms with van der Waals surface area (Å²) in [5.74, 6) is -0.0233. The number of nitrogens with zero attached hydrogens (tertiary/aromatic N) is 1. The molecule has 1 aromatic carbocycles. The molecule has 20 heavy (non-hydrogen) atoms. The zero-order chi connectivity index (χ0) is 15.3. The van der Waals surface area contributed by atoms with Crippen LogP contribution in [0.4, 0.5) is 5.69 Å². The van der Waals surface area contributed by atoms with Crippen molar-refractivity contribution in [2.75, 3.05) is 18.4 Å². The molecule has 0 spiro atoms. The number of thiocarbonyl (C=S) groups is 1. The number of anilines is 1. The van der Waals surface area contributed by atoms with Crippen LogP contribution in [0, 0.1) is 0 Å². The van der Waals surface area contributed by atoms with Gasteiger partial charge in [-0.2, -0.15) is 0 Å². The van der Waals surface area contributed by atoms with E-state index in [1.807, 2.05) is 0 Å². The highest BCUT2D eigenvalue weighted by atomic mass is 32.1. The average molecular weight is 293 g/mol. The molecule has 0 atom stereocenters. The van der Waals surface area contributed by atoms with Crippen LogP contribution in [0.25, 0.3) is 0 Å². The van der Waals surface area contributed by atoms with E-state index in [2.05, 4.69) is 37.9 Å². The predicted molar refractivity (Wildman–Crippen MR) is 88.0 cm³/mol. The van der Waals surface area contributed by atoms with Crippen molar-refractivity contribution in [1.82, 2.24) is 4.90 Å². The van der Waals surface area contributed by atoms with Crippen LogP contribution in [0.3, 0.4) is 0 Å². The number of hydrogen-bond acceptors (Lipinski definition) is 3. The van der Waals surface area contributed by atoms with E-state index >= 15 is 0 Å². The highest BCUT2D eigenvalue weighted by molar-refractivity contribution is 7.80. The second kappa shape index (κ2) is 6.81. The van der Waals surface area contributed by atoms with Crippen LogP contribution in [0.5, 0.6) is 0 Å². The minimum absolute atomic E-state index is 0.0233. The molecule has 0 radical (unpaired) electrons. The summed E-state index contributed by atoms with van der Waals surface area (Å²) < 4.78 is 0. The zero-order valence-corrected chi connectivity index (χ0v) is 13.4. The molecular weight excluding hydrogens is 270 g/mol. The third-order valence-corrected chi connectivity index (χ3v) is 3.35. The molecule has 1 rings (SSSR count). The highest BCUT2D eigenvalue weighted by Crippen LogP contribution is 2.13. The molecule has 0 bridgehead atoms. The van der Waals surface area contributed by atoms with E-state index < -0.39 is 0 Å². The lowest BCUT2D eigenvalue weighted by Gasteiger charge is -2.33. The smallest absolute Gasteiger partial charge is 0.238 e. The van der Waals surface area contributed by atoms with Gasteiger partial charge in [-0.15, -0.1) is 0 Å². The Hall–Kier alpha value is -1.46. The Labute approximate surface area is 126 Å². The fourth-order valence-corrected chi connectivity index (χ4v) is 2.05. The number of likely N-dealkylation sites (N-methyl/N-ethyl adjacent to an activating group) is 1. The van der Waals surface area contributed by atoms with Crippen molar-refractivity contribution >= 4 is 28.8 Å². The molecule has 5 heteroatoms. The van der Waals surface area contributed by atoms with Gasteiger partial charge in [0.25, 0.3) is 0 Å². The SMILES string of the molecule is CCN(CC(=O)Nc1ccc(C(N)=S)cc1)C(C)(C)C. The predicted octanol–water partition coefficient (Wildman–Crippen LogP) is 2.38. The lowest BCUT2D eigenvalue weighted by Crippen LogP contribution is -2.45. The second-order valence-electron chi connectivity index (χ2n) is 5.67. The van der Waals surface area contributed by atoms with Crippen molar-refractivity contribution in [2.24, 2.45) is 5.73 Å². The van der Waals surface area contributed by atoms with Gasteiger partial charge in [0.1, 0.15) is 4.99 Å². The fourth-order valence-electron chi connectivity index (χ4n) is 1.92. The minimum atomic E-state index is -0.0261. The number of hydrogen-bond donors (Lipinski definition) is 2. The van der Waals surface area contributed by atoms with E-state index in [4.69, 9.17) is 18.0 Å². The molecule has 0 saturated carbocycles. The standard InChI is InChI=1S/C15H23N3OS/c1-5-18(15(2,3)4)10-13(19)17-12-8-6-11(7-9-12)14(16)20/h6-9H,5,10H2,1-4H3,(H2,16,20)(H,17,19). The molecule has 0 aliphatic heterocycles. The summed E-state index contributed by atoms with van der Waals surface area (Å²) in [5.41, 5.74) is 7.05. The molecule has 3 N–H and O–H groups in total. The summed E-state index contributed by atoms with van der Waals surface area (Å²) >= 11 is 4.89. The summed E-state index contributed by atoms with van der Waals surface area (Å²) in [5, 5.41) is 2.88. The largest absolute Gasteiger partial charge is 0.389 e. The summed E-state index contributed by atoms with van der Waals surface area (Å²) in [7, 11) is 0. The Morgan fingerprint density at radius 2 is 1.85 bits per heavy atom. The number of amides is 1. The number of benzene rings is 1. The van der Waals surface area contributed by atoms with Crippen molar-refractivity contribution in [1.29, 1.82) is 0 Å². The van der Waals surface area contributed by atoms with Crippen molar-refractivity contribution in [3.05, 3.63) is 29.8 Å². The van der Waals surface area contributed by atoms with Gasteiger partial charge in [-0.05, 0) is 51.6 Å². The molecule has 0 aromatic heterocycles. The van der Waals surface area contributed by atoms with Gasteiger partial charge >= 0.3 is 0 Å². The monoisotopic (exact) mass is 293 g/mol. The maximum Gasteiger partial charge on any atom is 0.238 e. The van der Waals surface area contributed by atoms with Crippen LogP contribution < -0.4 is 11.1 Å². The number of carbonyl (C=O) groups is 1. The molecule has 0 aliphatic carbocycles. The Kier molecular flexibility index (Phi) is 5.65. The van der Waals surface area contributed by atoms with Gasteiger partial charge in [0.15, 0.2) is 0 Å². The molecule has 4 nitrogen and oxygen atoms in total. The van der Waals surface area contributed by atoms with Crippen LogP contribution >= 0.6 is 12.2 Å². The Bertz CT molecular complexity index is 477. The Balaban J connectivity index is 2.64. The fraction of sp³-hybridized carbons (Fsp3) is 0.467. The summed E-state index contributed by atoms with van der Waals surface area (Å²) in [6.45, 7) is 9.55. The van der Waals surface area contributed by atoms with Gasteiger partial charge in [0, 0.05) is 16.8 Å².